The fraction of sp³-hybridized carbons (Fsp3) is 0.423. The number of methoxy groups -OCH3 is 2. The van der Waals surface area contributed by atoms with Crippen molar-refractivity contribution in [2.45, 2.75) is 39.7 Å². The van der Waals surface area contributed by atoms with Crippen LogP contribution in [0.15, 0.2) is 47.6 Å². The first kappa shape index (κ1) is 25.2. The summed E-state index contributed by atoms with van der Waals surface area (Å²) in [6.07, 6.45) is 0.770. The van der Waals surface area contributed by atoms with Crippen molar-refractivity contribution < 1.29 is 23.5 Å². The topological polar surface area (TPSA) is 71.4 Å². The Kier molecular flexibility index (Phi) is 7.59. The van der Waals surface area contributed by atoms with Crippen molar-refractivity contribution in [3.63, 3.8) is 0 Å². The largest absolute Gasteiger partial charge is 0.493 e. The van der Waals surface area contributed by atoms with Crippen molar-refractivity contribution >= 4 is 17.5 Å². The number of hydrogen-bond donors (Lipinski definition) is 0. The molecule has 7 nitrogen and oxygen atoms in total. The number of likely N-dealkylation sites (N-methyl/N-ethyl adjacent to an activating group) is 1. The first-order valence-corrected chi connectivity index (χ1v) is 11.1. The molecule has 1 heterocycles. The smallest absolute Gasteiger partial charge is 0.262 e. The van der Waals surface area contributed by atoms with Gasteiger partial charge in [-0.15, -0.1) is 0 Å². The second-order valence-corrected chi connectivity index (χ2v) is 9.61. The molecule has 0 N–H and O–H groups in total. The van der Waals surface area contributed by atoms with Crippen molar-refractivity contribution in [2.75, 3.05) is 27.8 Å². The molecule has 182 valence electrons. The third-order valence-corrected chi connectivity index (χ3v) is 5.62. The molecule has 0 saturated heterocycles. The zero-order valence-electron chi connectivity index (χ0n) is 20.6. The summed E-state index contributed by atoms with van der Waals surface area (Å²) in [5, 5.41) is 6.02. The first-order valence-electron chi connectivity index (χ1n) is 11.1. The minimum atomic E-state index is -0.404. The molecule has 8 heteroatoms. The summed E-state index contributed by atoms with van der Waals surface area (Å²) in [5.41, 5.74) is 2.03. The van der Waals surface area contributed by atoms with Crippen LogP contribution in [0.4, 0.5) is 4.39 Å². The molecule has 0 aliphatic carbocycles. The number of hydrogen-bond acceptors (Lipinski definition) is 5. The highest BCUT2D eigenvalue weighted by molar-refractivity contribution is 6.03. The normalized spacial score (nSPS) is 15.7. The molecule has 2 aromatic carbocycles. The number of nitrogens with zero attached hydrogens (tertiary/aromatic N) is 3. The molecule has 0 unspecified atom stereocenters. The van der Waals surface area contributed by atoms with Gasteiger partial charge < -0.3 is 14.4 Å². The number of hydrazone groups is 1. The highest BCUT2D eigenvalue weighted by atomic mass is 19.1. The van der Waals surface area contributed by atoms with E-state index < -0.39 is 6.04 Å². The van der Waals surface area contributed by atoms with Gasteiger partial charge in [-0.3, -0.25) is 9.59 Å². The minimum Gasteiger partial charge on any atom is -0.493 e. The van der Waals surface area contributed by atoms with Crippen molar-refractivity contribution in [3.05, 3.63) is 59.4 Å². The maximum Gasteiger partial charge on any atom is 0.262 e. The second kappa shape index (κ2) is 10.2. The molecular weight excluding hydrogens is 437 g/mol. The lowest BCUT2D eigenvalue weighted by Crippen LogP contribution is -2.40. The average Bonchev–Trinajstić information content (AvgIpc) is 3.23. The van der Waals surface area contributed by atoms with Crippen LogP contribution in [0.3, 0.4) is 0 Å². The van der Waals surface area contributed by atoms with Gasteiger partial charge in [0.2, 0.25) is 5.91 Å². The molecule has 0 radical (unpaired) electrons. The predicted molar refractivity (Wildman–Crippen MR) is 128 cm³/mol. The van der Waals surface area contributed by atoms with E-state index in [1.807, 2.05) is 32.9 Å². The Morgan fingerprint density at radius 2 is 1.74 bits per heavy atom. The standard InChI is InChI=1S/C26H32FN3O4/c1-26(2,3)15-24(31)29(4)16-25(32)30-21(18-9-12-22(33-5)23(13-18)34-6)14-20(28-30)17-7-10-19(27)11-8-17/h7-13,21H,14-16H2,1-6H3/t21-/m1/s1. The van der Waals surface area contributed by atoms with E-state index in [1.165, 1.54) is 22.0 Å². The summed E-state index contributed by atoms with van der Waals surface area (Å²) in [4.78, 5) is 27.3. The van der Waals surface area contributed by atoms with Gasteiger partial charge in [-0.1, -0.05) is 39.0 Å². The summed E-state index contributed by atoms with van der Waals surface area (Å²) < 4.78 is 24.2. The van der Waals surface area contributed by atoms with E-state index in [4.69, 9.17) is 9.47 Å². The second-order valence-electron chi connectivity index (χ2n) is 9.61. The van der Waals surface area contributed by atoms with E-state index in [0.717, 1.165) is 11.1 Å². The molecule has 0 saturated carbocycles. The van der Waals surface area contributed by atoms with Gasteiger partial charge in [0.25, 0.3) is 5.91 Å². The number of benzene rings is 2. The monoisotopic (exact) mass is 469 g/mol. The zero-order chi connectivity index (χ0) is 25.0. The average molecular weight is 470 g/mol. The van der Waals surface area contributed by atoms with E-state index in [-0.39, 0.29) is 29.6 Å². The van der Waals surface area contributed by atoms with Gasteiger partial charge in [0.15, 0.2) is 11.5 Å². The highest BCUT2D eigenvalue weighted by Gasteiger charge is 2.34. The summed E-state index contributed by atoms with van der Waals surface area (Å²) in [6.45, 7) is 5.84. The summed E-state index contributed by atoms with van der Waals surface area (Å²) in [6, 6.07) is 11.1. The van der Waals surface area contributed by atoms with Crippen LogP contribution in [0.1, 0.15) is 50.8 Å². The molecule has 0 aromatic heterocycles. The Balaban J connectivity index is 1.90. The highest BCUT2D eigenvalue weighted by Crippen LogP contribution is 2.37. The maximum atomic E-state index is 13.4. The van der Waals surface area contributed by atoms with E-state index >= 15 is 0 Å². The predicted octanol–water partition coefficient (Wildman–Crippen LogP) is 4.42. The van der Waals surface area contributed by atoms with Gasteiger partial charge in [-0.25, -0.2) is 9.40 Å². The third kappa shape index (κ3) is 5.92. The van der Waals surface area contributed by atoms with Crippen LogP contribution < -0.4 is 9.47 Å². The molecule has 34 heavy (non-hydrogen) atoms. The molecule has 1 aliphatic rings. The third-order valence-electron chi connectivity index (χ3n) is 5.62. The van der Waals surface area contributed by atoms with Crippen LogP contribution >= 0.6 is 0 Å². The van der Waals surface area contributed by atoms with E-state index in [1.54, 1.807) is 39.5 Å². The minimum absolute atomic E-state index is 0.0983. The summed E-state index contributed by atoms with van der Waals surface area (Å²) >= 11 is 0. The van der Waals surface area contributed by atoms with Gasteiger partial charge in [0.05, 0.1) is 26.0 Å². The Hall–Kier alpha value is -3.42. The maximum absolute atomic E-state index is 13.4. The Labute approximate surface area is 200 Å². The zero-order valence-corrected chi connectivity index (χ0v) is 20.6. The van der Waals surface area contributed by atoms with Crippen molar-refractivity contribution in [1.82, 2.24) is 9.91 Å². The Morgan fingerprint density at radius 3 is 2.32 bits per heavy atom. The SMILES string of the molecule is COc1ccc([C@H]2CC(c3ccc(F)cc3)=NN2C(=O)CN(C)C(=O)CC(C)(C)C)cc1OC. The van der Waals surface area contributed by atoms with E-state index in [2.05, 4.69) is 5.10 Å². The Morgan fingerprint density at radius 1 is 1.09 bits per heavy atom. The lowest BCUT2D eigenvalue weighted by atomic mass is 9.92. The van der Waals surface area contributed by atoms with E-state index in [9.17, 15) is 14.0 Å². The first-order chi connectivity index (χ1) is 16.0. The van der Waals surface area contributed by atoms with E-state index in [0.29, 0.717) is 30.1 Å². The molecule has 2 aromatic rings. The Bertz CT molecular complexity index is 1080. The quantitative estimate of drug-likeness (QED) is 0.602. The molecule has 3 rings (SSSR count). The van der Waals surface area contributed by atoms with Crippen LogP contribution in [0.5, 0.6) is 11.5 Å². The number of ether oxygens (including phenoxy) is 2. The summed E-state index contributed by atoms with van der Waals surface area (Å²) in [7, 11) is 4.73. The molecule has 2 amide bonds. The molecule has 0 fully saturated rings. The van der Waals surface area contributed by atoms with Crippen molar-refractivity contribution in [3.8, 4) is 11.5 Å². The van der Waals surface area contributed by atoms with Crippen LogP contribution in [-0.4, -0.2) is 55.2 Å². The van der Waals surface area contributed by atoms with Gasteiger partial charge in [-0.05, 0) is 40.8 Å². The van der Waals surface area contributed by atoms with Gasteiger partial charge in [0, 0.05) is 19.9 Å². The fourth-order valence-corrected chi connectivity index (χ4v) is 3.83. The molecule has 0 spiro atoms. The van der Waals surface area contributed by atoms with Crippen LogP contribution in [-0.2, 0) is 9.59 Å². The molecule has 0 bridgehead atoms. The van der Waals surface area contributed by atoms with Gasteiger partial charge >= 0.3 is 0 Å². The lowest BCUT2D eigenvalue weighted by Gasteiger charge is -2.27. The number of halogens is 1. The van der Waals surface area contributed by atoms with Gasteiger partial charge in [-0.2, -0.15) is 5.10 Å². The van der Waals surface area contributed by atoms with Crippen LogP contribution in [0.25, 0.3) is 0 Å². The van der Waals surface area contributed by atoms with Crippen molar-refractivity contribution in [1.29, 1.82) is 0 Å². The fourth-order valence-electron chi connectivity index (χ4n) is 3.83. The molecule has 1 aliphatic heterocycles. The number of carbonyl (C=O) groups is 2. The molecular formula is C26H32FN3O4. The lowest BCUT2D eigenvalue weighted by molar-refractivity contribution is -0.141. The molecule has 1 atom stereocenters. The number of rotatable bonds is 7. The van der Waals surface area contributed by atoms with Gasteiger partial charge in [0.1, 0.15) is 12.4 Å². The summed E-state index contributed by atoms with van der Waals surface area (Å²) in [5.74, 6) is 0.368. The van der Waals surface area contributed by atoms with Crippen LogP contribution in [0.2, 0.25) is 0 Å². The van der Waals surface area contributed by atoms with Crippen molar-refractivity contribution in [2.24, 2.45) is 10.5 Å². The number of amides is 2. The number of carbonyl (C=O) groups excluding carboxylic acids is 2. The van der Waals surface area contributed by atoms with Crippen LogP contribution in [0, 0.1) is 11.2 Å².